The zero-order chi connectivity index (χ0) is 13.8. The lowest BCUT2D eigenvalue weighted by atomic mass is 10.0. The van der Waals surface area contributed by atoms with E-state index in [0.29, 0.717) is 5.56 Å². The minimum atomic E-state index is -1.13. The number of carbonyl (C=O) groups excluding carboxylic acids is 2. The van der Waals surface area contributed by atoms with Gasteiger partial charge in [-0.3, -0.25) is 9.59 Å². The Morgan fingerprint density at radius 3 is 2.68 bits per heavy atom. The Morgan fingerprint density at radius 1 is 1.21 bits per heavy atom. The van der Waals surface area contributed by atoms with Crippen molar-refractivity contribution in [2.45, 2.75) is 0 Å². The van der Waals surface area contributed by atoms with Crippen molar-refractivity contribution in [1.82, 2.24) is 5.43 Å². The molecule has 0 atom stereocenters. The van der Waals surface area contributed by atoms with Gasteiger partial charge in [0, 0.05) is 5.56 Å². The molecule has 0 radical (unpaired) electrons. The van der Waals surface area contributed by atoms with Crippen LogP contribution in [0.5, 0.6) is 5.75 Å². The largest absolute Gasteiger partial charge is 0.507 e. The predicted molar refractivity (Wildman–Crippen MR) is 70.5 cm³/mol. The average Bonchev–Trinajstić information content (AvgIpc) is 2.41. The molecule has 0 aliphatic carbocycles. The normalized spacial score (nSPS) is 10.7. The first-order valence-electron chi connectivity index (χ1n) is 5.43. The summed E-state index contributed by atoms with van der Waals surface area (Å²) in [5.41, 5.74) is 7.18. The predicted octanol–water partition coefficient (Wildman–Crippen LogP) is 0.481. The Balaban J connectivity index is 2.34. The fourth-order valence-corrected chi connectivity index (χ4v) is 1.63. The van der Waals surface area contributed by atoms with Crippen LogP contribution in [0.4, 0.5) is 0 Å². The van der Waals surface area contributed by atoms with E-state index in [-0.39, 0.29) is 5.75 Å². The van der Waals surface area contributed by atoms with E-state index < -0.39 is 11.8 Å². The number of nitrogens with one attached hydrogen (secondary N) is 1. The van der Waals surface area contributed by atoms with E-state index in [1.807, 2.05) is 29.7 Å². The number of nitrogens with two attached hydrogens (primary N) is 1. The highest BCUT2D eigenvalue weighted by atomic mass is 16.3. The number of amides is 2. The Labute approximate surface area is 108 Å². The first-order chi connectivity index (χ1) is 9.09. The number of fused-ring (bicyclic) bond motifs is 1. The lowest BCUT2D eigenvalue weighted by molar-refractivity contribution is -0.137. The molecule has 6 nitrogen and oxygen atoms in total. The maximum Gasteiger partial charge on any atom is 0.329 e. The van der Waals surface area contributed by atoms with Crippen molar-refractivity contribution in [3.63, 3.8) is 0 Å². The number of hydrogen-bond donors (Lipinski definition) is 3. The van der Waals surface area contributed by atoms with Crippen molar-refractivity contribution in [3.05, 3.63) is 42.0 Å². The SMILES string of the molecule is NC(=O)C(=O)NN=Cc1c(O)ccc2ccccc12. The van der Waals surface area contributed by atoms with Crippen molar-refractivity contribution < 1.29 is 14.7 Å². The van der Waals surface area contributed by atoms with Crippen molar-refractivity contribution in [3.8, 4) is 5.75 Å². The molecule has 2 aromatic rings. The molecular weight excluding hydrogens is 246 g/mol. The second kappa shape index (κ2) is 5.18. The molecular formula is C13H11N3O3. The van der Waals surface area contributed by atoms with Gasteiger partial charge in [0.25, 0.3) is 0 Å². The fourth-order valence-electron chi connectivity index (χ4n) is 1.63. The van der Waals surface area contributed by atoms with Crippen LogP contribution in [0.2, 0.25) is 0 Å². The van der Waals surface area contributed by atoms with Gasteiger partial charge in [0.1, 0.15) is 5.75 Å². The summed E-state index contributed by atoms with van der Waals surface area (Å²) in [6.07, 6.45) is 1.26. The molecule has 0 spiro atoms. The van der Waals surface area contributed by atoms with Gasteiger partial charge in [0.2, 0.25) is 0 Å². The van der Waals surface area contributed by atoms with Crippen LogP contribution in [-0.4, -0.2) is 23.1 Å². The maximum absolute atomic E-state index is 10.9. The molecule has 0 aliphatic heterocycles. The summed E-state index contributed by atoms with van der Waals surface area (Å²) in [4.78, 5) is 21.4. The third kappa shape index (κ3) is 2.68. The molecule has 0 unspecified atom stereocenters. The summed E-state index contributed by atoms with van der Waals surface area (Å²) < 4.78 is 0. The van der Waals surface area contributed by atoms with Gasteiger partial charge in [-0.2, -0.15) is 5.10 Å². The highest BCUT2D eigenvalue weighted by Crippen LogP contribution is 2.25. The lowest BCUT2D eigenvalue weighted by Crippen LogP contribution is -2.32. The molecule has 6 heteroatoms. The summed E-state index contributed by atoms with van der Waals surface area (Å²) in [6.45, 7) is 0. The first-order valence-corrected chi connectivity index (χ1v) is 5.43. The zero-order valence-corrected chi connectivity index (χ0v) is 9.83. The maximum atomic E-state index is 10.9. The molecule has 19 heavy (non-hydrogen) atoms. The summed E-state index contributed by atoms with van der Waals surface area (Å²) >= 11 is 0. The van der Waals surface area contributed by atoms with E-state index in [2.05, 4.69) is 5.10 Å². The van der Waals surface area contributed by atoms with Crippen molar-refractivity contribution in [1.29, 1.82) is 0 Å². The molecule has 0 saturated heterocycles. The van der Waals surface area contributed by atoms with E-state index in [1.165, 1.54) is 12.3 Å². The van der Waals surface area contributed by atoms with Crippen LogP contribution < -0.4 is 11.2 Å². The molecule has 0 bridgehead atoms. The van der Waals surface area contributed by atoms with Crippen molar-refractivity contribution in [2.75, 3.05) is 0 Å². The van der Waals surface area contributed by atoms with Gasteiger partial charge < -0.3 is 10.8 Å². The third-order valence-electron chi connectivity index (χ3n) is 2.53. The molecule has 0 saturated carbocycles. The fraction of sp³-hybridized carbons (Fsp3) is 0. The van der Waals surface area contributed by atoms with Crippen LogP contribution >= 0.6 is 0 Å². The zero-order valence-electron chi connectivity index (χ0n) is 9.83. The number of rotatable bonds is 2. The standard InChI is InChI=1S/C13H11N3O3/c14-12(18)13(19)16-15-7-10-9-4-2-1-3-8(9)5-6-11(10)17/h1-7,17H,(H2,14,18)(H,16,19). The number of phenols is 1. The number of hydrazone groups is 1. The number of hydrogen-bond acceptors (Lipinski definition) is 4. The van der Waals surface area contributed by atoms with E-state index >= 15 is 0 Å². The molecule has 0 aromatic heterocycles. The molecule has 2 rings (SSSR count). The van der Waals surface area contributed by atoms with Gasteiger partial charge in [-0.25, -0.2) is 5.43 Å². The van der Waals surface area contributed by atoms with Crippen molar-refractivity contribution in [2.24, 2.45) is 10.8 Å². The number of aromatic hydroxyl groups is 1. The lowest BCUT2D eigenvalue weighted by Gasteiger charge is -2.04. The Hall–Kier alpha value is -2.89. The average molecular weight is 257 g/mol. The molecule has 96 valence electrons. The molecule has 0 aliphatic rings. The van der Waals surface area contributed by atoms with Gasteiger partial charge in [-0.1, -0.05) is 30.3 Å². The minimum absolute atomic E-state index is 0.0239. The van der Waals surface area contributed by atoms with Gasteiger partial charge in [-0.15, -0.1) is 0 Å². The van der Waals surface area contributed by atoms with Gasteiger partial charge >= 0.3 is 11.8 Å². The number of carbonyl (C=O) groups is 2. The van der Waals surface area contributed by atoms with Gasteiger partial charge in [-0.05, 0) is 16.8 Å². The molecule has 2 aromatic carbocycles. The number of nitrogens with zero attached hydrogens (tertiary/aromatic N) is 1. The van der Waals surface area contributed by atoms with Crippen molar-refractivity contribution >= 4 is 28.8 Å². The number of benzene rings is 2. The number of phenolic OH excluding ortho intramolecular Hbond substituents is 1. The minimum Gasteiger partial charge on any atom is -0.507 e. The molecule has 0 heterocycles. The van der Waals surface area contributed by atoms with Gasteiger partial charge in [0.15, 0.2) is 0 Å². The van der Waals surface area contributed by atoms with Crippen LogP contribution in [0, 0.1) is 0 Å². The van der Waals surface area contributed by atoms with Crippen LogP contribution in [0.1, 0.15) is 5.56 Å². The molecule has 0 fully saturated rings. The highest BCUT2D eigenvalue weighted by molar-refractivity contribution is 6.34. The van der Waals surface area contributed by atoms with E-state index in [0.717, 1.165) is 10.8 Å². The molecule has 4 N–H and O–H groups in total. The highest BCUT2D eigenvalue weighted by Gasteiger charge is 2.07. The summed E-state index contributed by atoms with van der Waals surface area (Å²) in [5, 5.41) is 15.1. The second-order valence-corrected chi connectivity index (χ2v) is 3.78. The van der Waals surface area contributed by atoms with Crippen LogP contribution in [0.15, 0.2) is 41.5 Å². The summed E-state index contributed by atoms with van der Waals surface area (Å²) in [7, 11) is 0. The summed E-state index contributed by atoms with van der Waals surface area (Å²) in [5.74, 6) is -2.12. The van der Waals surface area contributed by atoms with E-state index in [4.69, 9.17) is 5.73 Å². The quantitative estimate of drug-likeness (QED) is 0.414. The smallest absolute Gasteiger partial charge is 0.329 e. The third-order valence-corrected chi connectivity index (χ3v) is 2.53. The monoisotopic (exact) mass is 257 g/mol. The van der Waals surface area contributed by atoms with Crippen LogP contribution in [-0.2, 0) is 9.59 Å². The second-order valence-electron chi connectivity index (χ2n) is 3.78. The Kier molecular flexibility index (Phi) is 3.42. The van der Waals surface area contributed by atoms with Gasteiger partial charge in [0.05, 0.1) is 6.21 Å². The summed E-state index contributed by atoms with van der Waals surface area (Å²) in [6, 6.07) is 10.7. The van der Waals surface area contributed by atoms with E-state index in [9.17, 15) is 14.7 Å². The molecule has 2 amide bonds. The van der Waals surface area contributed by atoms with Crippen LogP contribution in [0.3, 0.4) is 0 Å². The Morgan fingerprint density at radius 2 is 1.95 bits per heavy atom. The first kappa shape index (κ1) is 12.6. The topological polar surface area (TPSA) is 105 Å². The van der Waals surface area contributed by atoms with Crippen LogP contribution in [0.25, 0.3) is 10.8 Å². The number of primary amides is 1. The van der Waals surface area contributed by atoms with E-state index in [1.54, 1.807) is 6.07 Å². The Bertz CT molecular complexity index is 680.